The number of benzene rings is 2. The molecule has 0 saturated carbocycles. The molecule has 29 heavy (non-hydrogen) atoms. The Balaban J connectivity index is 2.24. The lowest BCUT2D eigenvalue weighted by Crippen LogP contribution is -2.47. The van der Waals surface area contributed by atoms with Crippen LogP contribution in [0.4, 0.5) is 5.69 Å². The topological polar surface area (TPSA) is 128 Å². The van der Waals surface area contributed by atoms with Gasteiger partial charge in [0.25, 0.3) is 5.91 Å². The molecule has 2 amide bonds. The molecule has 0 aliphatic rings. The number of amides is 2. The summed E-state index contributed by atoms with van der Waals surface area (Å²) in [5.74, 6) is -1.22. The number of primary sulfonamides is 1. The van der Waals surface area contributed by atoms with Gasteiger partial charge in [-0.1, -0.05) is 37.6 Å². The molecule has 0 bridgehead atoms. The highest BCUT2D eigenvalue weighted by Crippen LogP contribution is 2.26. The number of nitrogens with two attached hydrogens (primary N) is 1. The molecular weight excluding hydrogens is 418 g/mol. The first-order valence-electron chi connectivity index (χ1n) is 8.61. The third-order valence-electron chi connectivity index (χ3n) is 4.09. The van der Waals surface area contributed by atoms with E-state index in [1.54, 1.807) is 38.1 Å². The minimum absolute atomic E-state index is 0.0536. The molecule has 0 fully saturated rings. The molecule has 0 aliphatic carbocycles. The van der Waals surface area contributed by atoms with Crippen LogP contribution in [0.3, 0.4) is 0 Å². The van der Waals surface area contributed by atoms with Gasteiger partial charge in [0.15, 0.2) is 0 Å². The first-order chi connectivity index (χ1) is 13.5. The highest BCUT2D eigenvalue weighted by molar-refractivity contribution is 7.89. The summed E-state index contributed by atoms with van der Waals surface area (Å²) in [5.41, 5.74) is 0.436. The normalized spacial score (nSPS) is 12.3. The van der Waals surface area contributed by atoms with Crippen LogP contribution in [0.1, 0.15) is 24.2 Å². The average molecular weight is 440 g/mol. The molecule has 0 saturated heterocycles. The number of methoxy groups -OCH3 is 1. The highest BCUT2D eigenvalue weighted by Gasteiger charge is 2.26. The van der Waals surface area contributed by atoms with Crippen molar-refractivity contribution in [1.29, 1.82) is 0 Å². The van der Waals surface area contributed by atoms with Gasteiger partial charge in [-0.25, -0.2) is 13.6 Å². The number of halogens is 1. The summed E-state index contributed by atoms with van der Waals surface area (Å²) in [5, 5.41) is 10.7. The van der Waals surface area contributed by atoms with Crippen molar-refractivity contribution in [1.82, 2.24) is 5.32 Å². The van der Waals surface area contributed by atoms with Crippen molar-refractivity contribution in [2.45, 2.75) is 24.8 Å². The van der Waals surface area contributed by atoms with E-state index in [0.717, 1.165) is 0 Å². The number of carbonyl (C=O) groups excluding carboxylic acids is 2. The van der Waals surface area contributed by atoms with Crippen molar-refractivity contribution in [3.05, 3.63) is 53.1 Å². The second kappa shape index (κ2) is 9.25. The lowest BCUT2D eigenvalue weighted by Gasteiger charge is -2.22. The van der Waals surface area contributed by atoms with Gasteiger partial charge in [0, 0.05) is 5.69 Å². The molecule has 0 aromatic heterocycles. The Bertz CT molecular complexity index is 1020. The number of hydrogen-bond acceptors (Lipinski definition) is 5. The summed E-state index contributed by atoms with van der Waals surface area (Å²) in [6.07, 6.45) is 0. The zero-order chi connectivity index (χ0) is 21.8. The Morgan fingerprint density at radius 1 is 1.14 bits per heavy atom. The second-order valence-corrected chi connectivity index (χ2v) is 8.51. The number of anilines is 1. The van der Waals surface area contributed by atoms with Crippen LogP contribution in [0.25, 0.3) is 0 Å². The molecule has 2 aromatic rings. The van der Waals surface area contributed by atoms with E-state index in [1.165, 1.54) is 25.3 Å². The number of nitrogens with one attached hydrogen (secondary N) is 2. The first-order valence-corrected chi connectivity index (χ1v) is 10.5. The molecule has 0 spiro atoms. The van der Waals surface area contributed by atoms with Crippen LogP contribution in [0.15, 0.2) is 47.4 Å². The summed E-state index contributed by atoms with van der Waals surface area (Å²) < 4.78 is 28.5. The van der Waals surface area contributed by atoms with E-state index in [-0.39, 0.29) is 32.8 Å². The van der Waals surface area contributed by atoms with Crippen LogP contribution < -0.4 is 20.5 Å². The molecule has 10 heteroatoms. The Morgan fingerprint density at radius 2 is 1.79 bits per heavy atom. The van der Waals surface area contributed by atoms with Gasteiger partial charge in [0.2, 0.25) is 15.9 Å². The molecular formula is C19H22ClN3O5S. The number of ether oxygens (including phenoxy) is 1. The maximum Gasteiger partial charge on any atom is 0.253 e. The van der Waals surface area contributed by atoms with Gasteiger partial charge in [0.05, 0.1) is 17.7 Å². The second-order valence-electron chi connectivity index (χ2n) is 6.57. The van der Waals surface area contributed by atoms with E-state index in [0.29, 0.717) is 0 Å². The van der Waals surface area contributed by atoms with E-state index in [4.69, 9.17) is 21.5 Å². The van der Waals surface area contributed by atoms with Crippen LogP contribution in [0, 0.1) is 5.92 Å². The molecule has 0 aliphatic heterocycles. The van der Waals surface area contributed by atoms with Gasteiger partial charge in [0.1, 0.15) is 16.7 Å². The zero-order valence-corrected chi connectivity index (χ0v) is 17.7. The Labute approximate surface area is 174 Å². The van der Waals surface area contributed by atoms with E-state index in [2.05, 4.69) is 10.6 Å². The molecule has 4 N–H and O–H groups in total. The SMILES string of the molecule is COc1ccc(NC(=O)C(NC(=O)c2ccccc2Cl)C(C)C)cc1S(N)(=O)=O. The number of sulfonamides is 1. The predicted molar refractivity (Wildman–Crippen MR) is 111 cm³/mol. The quantitative estimate of drug-likeness (QED) is 0.610. The van der Waals surface area contributed by atoms with Crippen LogP contribution in [-0.4, -0.2) is 33.4 Å². The fraction of sp³-hybridized carbons (Fsp3) is 0.263. The molecule has 2 rings (SSSR count). The highest BCUT2D eigenvalue weighted by atomic mass is 35.5. The van der Waals surface area contributed by atoms with Gasteiger partial charge < -0.3 is 15.4 Å². The zero-order valence-electron chi connectivity index (χ0n) is 16.1. The average Bonchev–Trinajstić information content (AvgIpc) is 2.65. The van der Waals surface area contributed by atoms with Crippen molar-refractivity contribution in [3.63, 3.8) is 0 Å². The fourth-order valence-electron chi connectivity index (χ4n) is 2.60. The van der Waals surface area contributed by atoms with Crippen molar-refractivity contribution in [3.8, 4) is 5.75 Å². The maximum absolute atomic E-state index is 12.8. The summed E-state index contributed by atoms with van der Waals surface area (Å²) in [6, 6.07) is 9.64. The lowest BCUT2D eigenvalue weighted by atomic mass is 10.0. The molecule has 8 nitrogen and oxygen atoms in total. The van der Waals surface area contributed by atoms with Crippen molar-refractivity contribution in [2.24, 2.45) is 11.1 Å². The minimum Gasteiger partial charge on any atom is -0.495 e. The molecule has 2 aromatic carbocycles. The number of rotatable bonds is 7. The van der Waals surface area contributed by atoms with Crippen LogP contribution in [-0.2, 0) is 14.8 Å². The molecule has 1 unspecified atom stereocenters. The lowest BCUT2D eigenvalue weighted by molar-refractivity contribution is -0.118. The number of carbonyl (C=O) groups is 2. The van der Waals surface area contributed by atoms with Gasteiger partial charge in [-0.2, -0.15) is 0 Å². The third-order valence-corrected chi connectivity index (χ3v) is 5.35. The Morgan fingerprint density at radius 3 is 2.34 bits per heavy atom. The third kappa shape index (κ3) is 5.69. The standard InChI is InChI=1S/C19H22ClN3O5S/c1-11(2)17(23-18(24)13-6-4-5-7-14(13)20)19(25)22-12-8-9-15(28-3)16(10-12)29(21,26)27/h4-11,17H,1-3H3,(H,22,25)(H,23,24)(H2,21,26,27). The Hall–Kier alpha value is -2.62. The summed E-state index contributed by atoms with van der Waals surface area (Å²) in [6.45, 7) is 3.53. The molecule has 0 heterocycles. The van der Waals surface area contributed by atoms with Crippen LogP contribution in [0.2, 0.25) is 5.02 Å². The van der Waals surface area contributed by atoms with Crippen molar-refractivity contribution >= 4 is 39.1 Å². The minimum atomic E-state index is -4.06. The summed E-state index contributed by atoms with van der Waals surface area (Å²) in [4.78, 5) is 25.0. The molecule has 156 valence electrons. The largest absolute Gasteiger partial charge is 0.495 e. The van der Waals surface area contributed by atoms with Crippen LogP contribution in [0.5, 0.6) is 5.75 Å². The fourth-order valence-corrected chi connectivity index (χ4v) is 3.54. The van der Waals surface area contributed by atoms with Crippen LogP contribution >= 0.6 is 11.6 Å². The van der Waals surface area contributed by atoms with Gasteiger partial charge in [-0.05, 0) is 36.2 Å². The monoisotopic (exact) mass is 439 g/mol. The summed E-state index contributed by atoms with van der Waals surface area (Å²) in [7, 11) is -2.75. The first kappa shape index (κ1) is 22.7. The number of hydrogen-bond donors (Lipinski definition) is 3. The van der Waals surface area contributed by atoms with Gasteiger partial charge in [-0.3, -0.25) is 9.59 Å². The van der Waals surface area contributed by atoms with E-state index < -0.39 is 27.9 Å². The van der Waals surface area contributed by atoms with E-state index in [1.807, 2.05) is 0 Å². The van der Waals surface area contributed by atoms with Crippen molar-refractivity contribution < 1.29 is 22.7 Å². The smallest absolute Gasteiger partial charge is 0.253 e. The van der Waals surface area contributed by atoms with E-state index in [9.17, 15) is 18.0 Å². The van der Waals surface area contributed by atoms with Gasteiger partial charge >= 0.3 is 0 Å². The predicted octanol–water partition coefficient (Wildman–Crippen LogP) is 2.39. The summed E-state index contributed by atoms with van der Waals surface area (Å²) >= 11 is 6.04. The molecule has 1 atom stereocenters. The van der Waals surface area contributed by atoms with E-state index >= 15 is 0 Å². The van der Waals surface area contributed by atoms with Crippen molar-refractivity contribution in [2.75, 3.05) is 12.4 Å². The maximum atomic E-state index is 12.8. The van der Waals surface area contributed by atoms with Gasteiger partial charge in [-0.15, -0.1) is 0 Å². The molecule has 0 radical (unpaired) electrons. The Kier molecular flexibility index (Phi) is 7.23.